The molecule has 1 heterocycles. The Morgan fingerprint density at radius 3 is 2.77 bits per heavy atom. The number of hydrogen-bond donors (Lipinski definition) is 2. The Kier molecular flexibility index (Phi) is 8.68. The summed E-state index contributed by atoms with van der Waals surface area (Å²) in [5.74, 6) is 0.832. The molecule has 2 aromatic carbocycles. The lowest BCUT2D eigenvalue weighted by atomic mass is 10.2. The van der Waals surface area contributed by atoms with Crippen LogP contribution in [0.2, 0.25) is 0 Å². The molecule has 3 aromatic rings. The highest BCUT2D eigenvalue weighted by atomic mass is 32.1. The van der Waals surface area contributed by atoms with Gasteiger partial charge in [-0.3, -0.25) is 0 Å². The van der Waals surface area contributed by atoms with Gasteiger partial charge in [0, 0.05) is 24.0 Å². The third kappa shape index (κ3) is 7.50. The van der Waals surface area contributed by atoms with Crippen molar-refractivity contribution in [2.75, 3.05) is 25.1 Å². The highest BCUT2D eigenvalue weighted by Crippen LogP contribution is 2.13. The molecule has 3 rings (SSSR count). The average Bonchev–Trinajstić information content (AvgIpc) is 3.22. The smallest absolute Gasteiger partial charge is 0.319 e. The van der Waals surface area contributed by atoms with Crippen molar-refractivity contribution in [3.05, 3.63) is 76.2 Å². The normalized spacial score (nSPS) is 10.6. The lowest BCUT2D eigenvalue weighted by molar-refractivity contribution is 0.0889. The van der Waals surface area contributed by atoms with Gasteiger partial charge in [0.1, 0.15) is 12.4 Å². The van der Waals surface area contributed by atoms with Crippen LogP contribution in [0.25, 0.3) is 0 Å². The zero-order valence-corrected chi connectivity index (χ0v) is 17.9. The first-order valence-corrected chi connectivity index (χ1v) is 10.9. The van der Waals surface area contributed by atoms with Crippen LogP contribution in [0.1, 0.15) is 23.2 Å². The fourth-order valence-electron chi connectivity index (χ4n) is 2.77. The van der Waals surface area contributed by atoms with E-state index in [2.05, 4.69) is 22.5 Å². The van der Waals surface area contributed by atoms with Crippen molar-refractivity contribution in [2.24, 2.45) is 0 Å². The molecule has 2 N–H and O–H groups in total. The number of aryl methyl sites for hydroxylation is 1. The van der Waals surface area contributed by atoms with Gasteiger partial charge in [-0.2, -0.15) is 0 Å². The van der Waals surface area contributed by atoms with Crippen LogP contribution in [-0.4, -0.2) is 30.8 Å². The fraction of sp³-hybridized carbons (Fsp3) is 0.304. The van der Waals surface area contributed by atoms with Crippen molar-refractivity contribution in [1.29, 1.82) is 0 Å². The molecular weight excluding hydrogens is 398 g/mol. The van der Waals surface area contributed by atoms with Crippen molar-refractivity contribution in [2.45, 2.75) is 26.4 Å². The molecule has 0 saturated heterocycles. The van der Waals surface area contributed by atoms with E-state index < -0.39 is 0 Å². The second kappa shape index (κ2) is 11.9. The van der Waals surface area contributed by atoms with E-state index in [4.69, 9.17) is 9.47 Å². The number of carbonyl (C=O) groups excluding carboxylic acids is 1. The van der Waals surface area contributed by atoms with Crippen molar-refractivity contribution in [3.63, 3.8) is 0 Å². The Labute approximate surface area is 181 Å². The first kappa shape index (κ1) is 21.8. The lowest BCUT2D eigenvalue weighted by Gasteiger charge is -2.10. The van der Waals surface area contributed by atoms with Crippen molar-refractivity contribution >= 4 is 23.1 Å². The molecule has 0 bridgehead atoms. The van der Waals surface area contributed by atoms with Crippen molar-refractivity contribution in [3.8, 4) is 5.75 Å². The summed E-state index contributed by atoms with van der Waals surface area (Å²) in [6.45, 7) is 4.07. The molecule has 0 atom stereocenters. The number of para-hydroxylation sites is 1. The molecule has 158 valence electrons. The summed E-state index contributed by atoms with van der Waals surface area (Å²) >= 11 is 1.66. The average molecular weight is 426 g/mol. The first-order chi connectivity index (χ1) is 14.7. The van der Waals surface area contributed by atoms with Crippen LogP contribution in [0.4, 0.5) is 10.5 Å². The maximum Gasteiger partial charge on any atom is 0.319 e. The van der Waals surface area contributed by atoms with Gasteiger partial charge in [-0.25, -0.2) is 9.78 Å². The maximum absolute atomic E-state index is 12.1. The highest BCUT2D eigenvalue weighted by molar-refractivity contribution is 7.09. The Morgan fingerprint density at radius 2 is 1.97 bits per heavy atom. The van der Waals surface area contributed by atoms with Crippen LogP contribution < -0.4 is 15.4 Å². The van der Waals surface area contributed by atoms with Gasteiger partial charge in [-0.1, -0.05) is 37.3 Å². The first-order valence-electron chi connectivity index (χ1n) is 10.1. The molecule has 2 amide bonds. The number of urea groups is 1. The Bertz CT molecular complexity index is 915. The predicted octanol–water partition coefficient (Wildman–Crippen LogP) is 4.67. The topological polar surface area (TPSA) is 72.5 Å². The molecule has 7 heteroatoms. The SMILES string of the molecule is CCc1nc(CCNC(=O)Nc2cccc(COCCOc3ccccc3)c2)cs1. The van der Waals surface area contributed by atoms with Gasteiger partial charge in [0.15, 0.2) is 0 Å². The molecule has 1 aromatic heterocycles. The number of benzene rings is 2. The second-order valence-corrected chi connectivity index (χ2v) is 7.57. The van der Waals surface area contributed by atoms with Crippen LogP contribution in [-0.2, 0) is 24.2 Å². The fourth-order valence-corrected chi connectivity index (χ4v) is 3.55. The van der Waals surface area contributed by atoms with Crippen LogP contribution >= 0.6 is 11.3 Å². The summed E-state index contributed by atoms with van der Waals surface area (Å²) in [4.78, 5) is 16.6. The van der Waals surface area contributed by atoms with Gasteiger partial charge in [0.25, 0.3) is 0 Å². The van der Waals surface area contributed by atoms with Crippen molar-refractivity contribution in [1.82, 2.24) is 10.3 Å². The molecule has 0 spiro atoms. The molecule has 0 radical (unpaired) electrons. The molecule has 0 fully saturated rings. The maximum atomic E-state index is 12.1. The van der Waals surface area contributed by atoms with E-state index in [1.165, 1.54) is 0 Å². The largest absolute Gasteiger partial charge is 0.491 e. The van der Waals surface area contributed by atoms with E-state index >= 15 is 0 Å². The molecule has 0 aliphatic carbocycles. The molecular formula is C23H27N3O3S. The Morgan fingerprint density at radius 1 is 1.10 bits per heavy atom. The Balaban J connectivity index is 1.34. The van der Waals surface area contributed by atoms with Gasteiger partial charge in [-0.15, -0.1) is 11.3 Å². The number of rotatable bonds is 11. The number of nitrogens with zero attached hydrogens (tertiary/aromatic N) is 1. The third-order valence-corrected chi connectivity index (χ3v) is 5.30. The number of nitrogens with one attached hydrogen (secondary N) is 2. The molecule has 0 saturated carbocycles. The number of hydrogen-bond acceptors (Lipinski definition) is 5. The zero-order chi connectivity index (χ0) is 21.0. The summed E-state index contributed by atoms with van der Waals surface area (Å²) in [5, 5.41) is 8.90. The van der Waals surface area contributed by atoms with Gasteiger partial charge >= 0.3 is 6.03 Å². The van der Waals surface area contributed by atoms with E-state index in [1.54, 1.807) is 11.3 Å². The Hall–Kier alpha value is -2.90. The number of amides is 2. The van der Waals surface area contributed by atoms with E-state index in [1.807, 2.05) is 60.0 Å². The van der Waals surface area contributed by atoms with Gasteiger partial charge < -0.3 is 20.1 Å². The highest BCUT2D eigenvalue weighted by Gasteiger charge is 2.04. The standard InChI is InChI=1S/C23H27N3O3S/c1-2-22-25-20(17-30-22)11-12-24-23(27)26-19-8-6-7-18(15-19)16-28-13-14-29-21-9-4-3-5-10-21/h3-10,15,17H,2,11-14,16H2,1H3,(H2,24,26,27). The number of thiazole rings is 1. The number of carbonyl (C=O) groups is 1. The zero-order valence-electron chi connectivity index (χ0n) is 17.1. The second-order valence-electron chi connectivity index (χ2n) is 6.63. The van der Waals surface area contributed by atoms with Gasteiger partial charge in [-0.05, 0) is 36.2 Å². The lowest BCUT2D eigenvalue weighted by Crippen LogP contribution is -2.30. The number of anilines is 1. The van der Waals surface area contributed by atoms with Crippen LogP contribution in [0, 0.1) is 0 Å². The molecule has 0 aliphatic heterocycles. The summed E-state index contributed by atoms with van der Waals surface area (Å²) in [6, 6.07) is 17.1. The van der Waals surface area contributed by atoms with Gasteiger partial charge in [0.05, 0.1) is 23.9 Å². The summed E-state index contributed by atoms with van der Waals surface area (Å²) < 4.78 is 11.3. The molecule has 6 nitrogen and oxygen atoms in total. The summed E-state index contributed by atoms with van der Waals surface area (Å²) in [7, 11) is 0. The molecule has 30 heavy (non-hydrogen) atoms. The van der Waals surface area contributed by atoms with Crippen LogP contribution in [0.3, 0.4) is 0 Å². The predicted molar refractivity (Wildman–Crippen MR) is 120 cm³/mol. The van der Waals surface area contributed by atoms with Crippen LogP contribution in [0.5, 0.6) is 5.75 Å². The van der Waals surface area contributed by atoms with E-state index in [-0.39, 0.29) is 6.03 Å². The minimum Gasteiger partial charge on any atom is -0.491 e. The minimum absolute atomic E-state index is 0.227. The molecule has 0 aliphatic rings. The minimum atomic E-state index is -0.227. The van der Waals surface area contributed by atoms with E-state index in [9.17, 15) is 4.79 Å². The van der Waals surface area contributed by atoms with Crippen molar-refractivity contribution < 1.29 is 14.3 Å². The summed E-state index contributed by atoms with van der Waals surface area (Å²) in [5.41, 5.74) is 2.74. The number of aromatic nitrogens is 1. The van der Waals surface area contributed by atoms with E-state index in [0.29, 0.717) is 26.4 Å². The summed E-state index contributed by atoms with van der Waals surface area (Å²) in [6.07, 6.45) is 1.67. The van der Waals surface area contributed by atoms with Crippen LogP contribution in [0.15, 0.2) is 60.0 Å². The quantitative estimate of drug-likeness (QED) is 0.438. The van der Waals surface area contributed by atoms with Gasteiger partial charge in [0.2, 0.25) is 0 Å². The number of ether oxygens (including phenoxy) is 2. The molecule has 0 unspecified atom stereocenters. The monoisotopic (exact) mass is 425 g/mol. The van der Waals surface area contributed by atoms with E-state index in [0.717, 1.165) is 40.5 Å². The third-order valence-electron chi connectivity index (χ3n) is 4.26.